The van der Waals surface area contributed by atoms with Crippen molar-refractivity contribution in [1.82, 2.24) is 0 Å². The lowest BCUT2D eigenvalue weighted by atomic mass is 10.0. The lowest BCUT2D eigenvalue weighted by molar-refractivity contribution is 0.135. The third-order valence-corrected chi connectivity index (χ3v) is 3.94. The van der Waals surface area contributed by atoms with Crippen molar-refractivity contribution in [2.45, 2.75) is 110 Å². The van der Waals surface area contributed by atoms with Gasteiger partial charge in [-0.15, -0.1) is 0 Å². The van der Waals surface area contributed by atoms with Crippen LogP contribution in [0.5, 0.6) is 0 Å². The van der Waals surface area contributed by atoms with E-state index in [0.29, 0.717) is 0 Å². The topological polar surface area (TPSA) is 40.5 Å². The second-order valence-corrected chi connectivity index (χ2v) is 5.91. The Kier molecular flexibility index (Phi) is 14.3. The zero-order valence-electron chi connectivity index (χ0n) is 13.2. The molecule has 0 fully saturated rings. The molecule has 0 bridgehead atoms. The van der Waals surface area contributed by atoms with Crippen LogP contribution in [-0.2, 0) is 0 Å². The predicted molar refractivity (Wildman–Crippen MR) is 83.4 cm³/mol. The highest BCUT2D eigenvalue weighted by Gasteiger charge is 2.05. The molecule has 19 heavy (non-hydrogen) atoms. The first-order chi connectivity index (χ1) is 9.20. The summed E-state index contributed by atoms with van der Waals surface area (Å²) in [5, 5.41) is 19.3. The molecule has 0 saturated carbocycles. The Morgan fingerprint density at radius 1 is 0.579 bits per heavy atom. The van der Waals surface area contributed by atoms with Crippen molar-refractivity contribution in [3.05, 3.63) is 0 Å². The Bertz CT molecular complexity index is 171. The van der Waals surface area contributed by atoms with Gasteiger partial charge in [-0.3, -0.25) is 0 Å². The molecule has 0 saturated heterocycles. The van der Waals surface area contributed by atoms with Gasteiger partial charge in [-0.1, -0.05) is 71.6 Å². The van der Waals surface area contributed by atoms with Crippen LogP contribution in [0.3, 0.4) is 0 Å². The van der Waals surface area contributed by atoms with Gasteiger partial charge in [0, 0.05) is 0 Å². The zero-order valence-corrected chi connectivity index (χ0v) is 13.2. The number of hydrogen-bond donors (Lipinski definition) is 2. The van der Waals surface area contributed by atoms with E-state index in [0.717, 1.165) is 38.5 Å². The molecule has 2 heteroatoms. The molecule has 0 spiro atoms. The number of unbranched alkanes of at least 4 members (excludes halogenated alkanes) is 7. The van der Waals surface area contributed by atoms with Crippen molar-refractivity contribution in [3.63, 3.8) is 0 Å². The van der Waals surface area contributed by atoms with Gasteiger partial charge in [-0.25, -0.2) is 0 Å². The minimum Gasteiger partial charge on any atom is -0.393 e. The maximum atomic E-state index is 9.85. The van der Waals surface area contributed by atoms with E-state index in [1.165, 1.54) is 44.9 Å². The van der Waals surface area contributed by atoms with Crippen molar-refractivity contribution < 1.29 is 10.2 Å². The van der Waals surface area contributed by atoms with Crippen LogP contribution in [0.15, 0.2) is 0 Å². The summed E-state index contributed by atoms with van der Waals surface area (Å²) >= 11 is 0. The average Bonchev–Trinajstić information content (AvgIpc) is 2.42. The molecular weight excluding hydrogens is 236 g/mol. The minimum absolute atomic E-state index is 0.116. The molecule has 0 amide bonds. The van der Waals surface area contributed by atoms with Crippen LogP contribution < -0.4 is 0 Å². The summed E-state index contributed by atoms with van der Waals surface area (Å²) < 4.78 is 0. The lowest BCUT2D eigenvalue weighted by Crippen LogP contribution is -2.08. The molecule has 0 aromatic heterocycles. The molecule has 0 aromatic rings. The molecule has 0 heterocycles. The van der Waals surface area contributed by atoms with Crippen LogP contribution in [0.1, 0.15) is 97.3 Å². The maximum Gasteiger partial charge on any atom is 0.0540 e. The summed E-state index contributed by atoms with van der Waals surface area (Å²) in [5.41, 5.74) is 0. The molecule has 0 aliphatic heterocycles. The Morgan fingerprint density at radius 3 is 1.53 bits per heavy atom. The quantitative estimate of drug-likeness (QED) is 0.445. The summed E-state index contributed by atoms with van der Waals surface area (Å²) in [7, 11) is 0. The Hall–Kier alpha value is -0.0800. The van der Waals surface area contributed by atoms with Crippen molar-refractivity contribution in [1.29, 1.82) is 0 Å². The summed E-state index contributed by atoms with van der Waals surface area (Å²) in [4.78, 5) is 0. The van der Waals surface area contributed by atoms with Crippen LogP contribution >= 0.6 is 0 Å². The van der Waals surface area contributed by atoms with E-state index in [4.69, 9.17) is 0 Å². The second kappa shape index (κ2) is 14.3. The molecular formula is C17H36O2. The van der Waals surface area contributed by atoms with Crippen molar-refractivity contribution in [2.24, 2.45) is 0 Å². The highest BCUT2D eigenvalue weighted by Crippen LogP contribution is 2.14. The molecule has 0 rings (SSSR count). The summed E-state index contributed by atoms with van der Waals surface area (Å²) in [6.07, 6.45) is 14.6. The first-order valence-electron chi connectivity index (χ1n) is 8.56. The molecule has 2 unspecified atom stereocenters. The van der Waals surface area contributed by atoms with E-state index < -0.39 is 0 Å². The smallest absolute Gasteiger partial charge is 0.0540 e. The molecule has 2 atom stereocenters. The average molecular weight is 272 g/mol. The van der Waals surface area contributed by atoms with E-state index in [1.807, 2.05) is 6.92 Å². The largest absolute Gasteiger partial charge is 0.393 e. The third kappa shape index (κ3) is 14.1. The standard InChI is InChI=1S/C17H36O2/c1-3-5-6-7-8-9-10-14-17(19)15-12-11-13-16(18)4-2/h16-19H,3-15H2,1-2H3. The number of aliphatic hydroxyl groups is 2. The Morgan fingerprint density at radius 2 is 1.00 bits per heavy atom. The molecule has 2 N–H and O–H groups in total. The second-order valence-electron chi connectivity index (χ2n) is 5.91. The molecule has 116 valence electrons. The summed E-state index contributed by atoms with van der Waals surface area (Å²) in [6.45, 7) is 4.26. The highest BCUT2D eigenvalue weighted by atomic mass is 16.3. The maximum absolute atomic E-state index is 9.85. The van der Waals surface area contributed by atoms with Crippen molar-refractivity contribution in [3.8, 4) is 0 Å². The van der Waals surface area contributed by atoms with Crippen molar-refractivity contribution >= 4 is 0 Å². The van der Waals surface area contributed by atoms with E-state index in [-0.39, 0.29) is 12.2 Å². The predicted octanol–water partition coefficient (Wildman–Crippen LogP) is 4.82. The normalized spacial score (nSPS) is 14.5. The van der Waals surface area contributed by atoms with E-state index in [1.54, 1.807) is 0 Å². The van der Waals surface area contributed by atoms with Crippen LogP contribution in [0, 0.1) is 0 Å². The molecule has 0 aliphatic rings. The van der Waals surface area contributed by atoms with E-state index in [2.05, 4.69) is 6.92 Å². The number of rotatable bonds is 14. The molecule has 0 radical (unpaired) electrons. The number of hydrogen-bond acceptors (Lipinski definition) is 2. The SMILES string of the molecule is CCCCCCCCCC(O)CCCCC(O)CC. The van der Waals surface area contributed by atoms with Gasteiger partial charge < -0.3 is 10.2 Å². The Balaban J connectivity index is 3.19. The monoisotopic (exact) mass is 272 g/mol. The molecule has 0 aliphatic carbocycles. The van der Waals surface area contributed by atoms with E-state index in [9.17, 15) is 10.2 Å². The fourth-order valence-electron chi connectivity index (χ4n) is 2.45. The van der Waals surface area contributed by atoms with Gasteiger partial charge in [-0.05, 0) is 25.7 Å². The van der Waals surface area contributed by atoms with Gasteiger partial charge in [0.1, 0.15) is 0 Å². The van der Waals surface area contributed by atoms with Gasteiger partial charge in [0.05, 0.1) is 12.2 Å². The zero-order chi connectivity index (χ0) is 14.3. The summed E-state index contributed by atoms with van der Waals surface area (Å²) in [5.74, 6) is 0. The lowest BCUT2D eigenvalue weighted by Gasteiger charge is -2.11. The fourth-order valence-corrected chi connectivity index (χ4v) is 2.45. The van der Waals surface area contributed by atoms with Gasteiger partial charge >= 0.3 is 0 Å². The van der Waals surface area contributed by atoms with Crippen LogP contribution in [0.4, 0.5) is 0 Å². The first kappa shape index (κ1) is 18.9. The third-order valence-electron chi connectivity index (χ3n) is 3.94. The Labute approximate surface area is 120 Å². The highest BCUT2D eigenvalue weighted by molar-refractivity contribution is 4.59. The van der Waals surface area contributed by atoms with Crippen LogP contribution in [0.25, 0.3) is 0 Å². The molecule has 2 nitrogen and oxygen atoms in total. The number of aliphatic hydroxyl groups excluding tert-OH is 2. The van der Waals surface area contributed by atoms with Gasteiger partial charge in [0.25, 0.3) is 0 Å². The van der Waals surface area contributed by atoms with Crippen molar-refractivity contribution in [2.75, 3.05) is 0 Å². The minimum atomic E-state index is -0.139. The van der Waals surface area contributed by atoms with E-state index >= 15 is 0 Å². The van der Waals surface area contributed by atoms with Crippen LogP contribution in [-0.4, -0.2) is 22.4 Å². The van der Waals surface area contributed by atoms with Crippen LogP contribution in [0.2, 0.25) is 0 Å². The fraction of sp³-hybridized carbons (Fsp3) is 1.00. The van der Waals surface area contributed by atoms with Gasteiger partial charge in [0.15, 0.2) is 0 Å². The van der Waals surface area contributed by atoms with Gasteiger partial charge in [0.2, 0.25) is 0 Å². The van der Waals surface area contributed by atoms with Gasteiger partial charge in [-0.2, -0.15) is 0 Å². The molecule has 0 aromatic carbocycles. The summed E-state index contributed by atoms with van der Waals surface area (Å²) in [6, 6.07) is 0. The first-order valence-corrected chi connectivity index (χ1v) is 8.56.